The van der Waals surface area contributed by atoms with E-state index in [1.165, 1.54) is 22.5 Å². The zero-order valence-corrected chi connectivity index (χ0v) is 13.5. The van der Waals surface area contributed by atoms with Crippen LogP contribution < -0.4 is 0 Å². The summed E-state index contributed by atoms with van der Waals surface area (Å²) in [7, 11) is 2.15. The van der Waals surface area contributed by atoms with Crippen molar-refractivity contribution in [3.63, 3.8) is 0 Å². The Labute approximate surface area is 136 Å². The molecule has 0 bridgehead atoms. The molecule has 2 nitrogen and oxygen atoms in total. The van der Waals surface area contributed by atoms with Crippen LogP contribution in [0.5, 0.6) is 0 Å². The van der Waals surface area contributed by atoms with Crippen LogP contribution in [0.15, 0.2) is 41.3 Å². The third-order valence-electron chi connectivity index (χ3n) is 4.62. The summed E-state index contributed by atoms with van der Waals surface area (Å²) in [5.41, 5.74) is 5.62. The van der Waals surface area contributed by atoms with Crippen LogP contribution in [0.3, 0.4) is 0 Å². The molecule has 1 aromatic carbocycles. The lowest BCUT2D eigenvalue weighted by Crippen LogP contribution is -2.27. The van der Waals surface area contributed by atoms with Crippen LogP contribution in [0.25, 0.3) is 5.57 Å². The van der Waals surface area contributed by atoms with Gasteiger partial charge in [0.2, 0.25) is 0 Å². The fourth-order valence-electron chi connectivity index (χ4n) is 3.42. The van der Waals surface area contributed by atoms with E-state index in [1.807, 2.05) is 23.6 Å². The molecule has 1 aromatic heterocycles. The first-order valence-corrected chi connectivity index (χ1v) is 8.59. The van der Waals surface area contributed by atoms with Crippen molar-refractivity contribution in [1.82, 2.24) is 4.90 Å². The van der Waals surface area contributed by atoms with E-state index in [2.05, 4.69) is 24.1 Å². The molecule has 2 aromatic rings. The summed E-state index contributed by atoms with van der Waals surface area (Å²) in [5, 5.41) is 1.98. The van der Waals surface area contributed by atoms with Crippen molar-refractivity contribution in [3.8, 4) is 0 Å². The van der Waals surface area contributed by atoms with Crippen LogP contribution >= 0.6 is 11.3 Å². The Hall–Kier alpha value is -1.71. The van der Waals surface area contributed by atoms with E-state index in [0.29, 0.717) is 0 Å². The number of ketones is 1. The Balaban J connectivity index is 1.99. The molecule has 1 aliphatic heterocycles. The topological polar surface area (TPSA) is 20.3 Å². The molecule has 0 radical (unpaired) electrons. The summed E-state index contributed by atoms with van der Waals surface area (Å²) >= 11 is 1.48. The van der Waals surface area contributed by atoms with Crippen molar-refractivity contribution in [2.24, 2.45) is 0 Å². The molecule has 1 saturated heterocycles. The molecule has 22 heavy (non-hydrogen) atoms. The zero-order chi connectivity index (χ0) is 16.0. The maximum Gasteiger partial charge on any atom is 0.177 e. The highest BCUT2D eigenvalue weighted by atomic mass is 32.1. The van der Waals surface area contributed by atoms with Crippen molar-refractivity contribution in [2.75, 3.05) is 20.1 Å². The molecule has 3 heteroatoms. The van der Waals surface area contributed by atoms with E-state index in [1.54, 1.807) is 0 Å². The number of thiophene rings is 1. The SMILES string of the molecule is [2H]C1C(=O)c2sccc2C(=C2CCN(C)CC2)c2ccccc21. The third kappa shape index (κ3) is 2.25. The van der Waals surface area contributed by atoms with Crippen molar-refractivity contribution in [3.05, 3.63) is 62.9 Å². The molecular formula is C19H19NOS. The molecule has 0 N–H and O–H groups in total. The lowest BCUT2D eigenvalue weighted by atomic mass is 9.88. The normalized spacial score (nSPS) is 22.9. The van der Waals surface area contributed by atoms with Gasteiger partial charge in [-0.2, -0.15) is 0 Å². The van der Waals surface area contributed by atoms with Crippen LogP contribution in [-0.2, 0) is 6.40 Å². The average Bonchev–Trinajstić information content (AvgIpc) is 3.02. The Morgan fingerprint density at radius 2 is 1.91 bits per heavy atom. The smallest absolute Gasteiger partial charge is 0.177 e. The number of hydrogen-bond acceptors (Lipinski definition) is 3. The van der Waals surface area contributed by atoms with Gasteiger partial charge in [-0.1, -0.05) is 29.8 Å². The van der Waals surface area contributed by atoms with Gasteiger partial charge >= 0.3 is 0 Å². The Morgan fingerprint density at radius 1 is 1.14 bits per heavy atom. The third-order valence-corrected chi connectivity index (χ3v) is 5.55. The molecule has 1 aliphatic carbocycles. The van der Waals surface area contributed by atoms with Gasteiger partial charge in [0.1, 0.15) is 0 Å². The van der Waals surface area contributed by atoms with Crippen LogP contribution in [0.2, 0.25) is 0 Å². The van der Waals surface area contributed by atoms with Gasteiger partial charge < -0.3 is 4.90 Å². The second-order valence-electron chi connectivity index (χ2n) is 6.04. The quantitative estimate of drug-likeness (QED) is 0.732. The number of Topliss-reactive ketones (excluding diaryl/α,β-unsaturated/α-hetero) is 1. The number of piperidine rings is 1. The Kier molecular flexibility index (Phi) is 3.19. The second-order valence-corrected chi connectivity index (χ2v) is 6.96. The van der Waals surface area contributed by atoms with E-state index in [4.69, 9.17) is 1.37 Å². The molecule has 0 saturated carbocycles. The lowest BCUT2D eigenvalue weighted by molar-refractivity contribution is 0.0997. The van der Waals surface area contributed by atoms with Crippen LogP contribution in [-0.4, -0.2) is 30.8 Å². The van der Waals surface area contributed by atoms with Crippen molar-refractivity contribution >= 4 is 22.7 Å². The van der Waals surface area contributed by atoms with Crippen molar-refractivity contribution in [1.29, 1.82) is 0 Å². The number of benzene rings is 1. The molecule has 2 aliphatic rings. The minimum absolute atomic E-state index is 0.0639. The number of nitrogens with zero attached hydrogens (tertiary/aromatic N) is 1. The largest absolute Gasteiger partial charge is 0.306 e. The summed E-state index contributed by atoms with van der Waals surface area (Å²) in [6.45, 7) is 2.11. The Bertz CT molecular complexity index is 797. The second kappa shape index (κ2) is 5.49. The molecule has 112 valence electrons. The van der Waals surface area contributed by atoms with Gasteiger partial charge in [0, 0.05) is 26.4 Å². The summed E-state index contributed by atoms with van der Waals surface area (Å²) in [4.78, 5) is 15.8. The van der Waals surface area contributed by atoms with Crippen LogP contribution in [0.1, 0.15) is 40.6 Å². The number of likely N-dealkylation sites (tertiary alicyclic amines) is 1. The van der Waals surface area contributed by atoms with Crippen molar-refractivity contribution in [2.45, 2.75) is 19.2 Å². The maximum atomic E-state index is 12.7. The molecule has 2 heterocycles. The van der Waals surface area contributed by atoms with Gasteiger partial charge in [0.25, 0.3) is 0 Å². The van der Waals surface area contributed by atoms with Gasteiger partial charge in [-0.25, -0.2) is 0 Å². The molecule has 1 atom stereocenters. The minimum Gasteiger partial charge on any atom is -0.306 e. The van der Waals surface area contributed by atoms with E-state index in [-0.39, 0.29) is 5.78 Å². The first kappa shape index (κ1) is 12.8. The highest BCUT2D eigenvalue weighted by Crippen LogP contribution is 2.40. The minimum atomic E-state index is -0.812. The zero-order valence-electron chi connectivity index (χ0n) is 13.6. The monoisotopic (exact) mass is 310 g/mol. The molecular weight excluding hydrogens is 290 g/mol. The number of hydrogen-bond donors (Lipinski definition) is 0. The van der Waals surface area contributed by atoms with Crippen LogP contribution in [0.4, 0.5) is 0 Å². The number of carbonyl (C=O) groups is 1. The number of fused-ring (bicyclic) bond motifs is 2. The van der Waals surface area contributed by atoms with E-state index in [0.717, 1.165) is 47.5 Å². The summed E-state index contributed by atoms with van der Waals surface area (Å²) in [5.74, 6) is -0.0639. The van der Waals surface area contributed by atoms with E-state index >= 15 is 0 Å². The summed E-state index contributed by atoms with van der Waals surface area (Å²) in [6.07, 6.45) is 1.26. The summed E-state index contributed by atoms with van der Waals surface area (Å²) < 4.78 is 8.43. The fourth-order valence-corrected chi connectivity index (χ4v) is 4.23. The molecule has 0 spiro atoms. The lowest BCUT2D eigenvalue weighted by Gasteiger charge is -2.27. The van der Waals surface area contributed by atoms with Crippen LogP contribution in [0, 0.1) is 0 Å². The van der Waals surface area contributed by atoms with Gasteiger partial charge in [-0.15, -0.1) is 11.3 Å². The molecule has 1 unspecified atom stereocenters. The predicted octanol–water partition coefficient (Wildman–Crippen LogP) is 4.01. The Morgan fingerprint density at radius 3 is 2.73 bits per heavy atom. The molecule has 1 fully saturated rings. The molecule has 0 amide bonds. The van der Waals surface area contributed by atoms with Gasteiger partial charge in [-0.05, 0) is 48.0 Å². The van der Waals surface area contributed by atoms with Gasteiger partial charge in [-0.3, -0.25) is 4.79 Å². The first-order chi connectivity index (χ1) is 11.2. The fraction of sp³-hybridized carbons (Fsp3) is 0.316. The number of carbonyl (C=O) groups excluding carboxylic acids is 1. The highest BCUT2D eigenvalue weighted by molar-refractivity contribution is 7.12. The number of rotatable bonds is 0. The standard InChI is InChI=1S/C19H19NOS/c1-20-9-6-13(7-10-20)18-15-5-3-2-4-14(15)12-17(21)19-16(18)8-11-22-19/h2-5,8,11H,6-7,9-10,12H2,1H3/i12D. The molecule has 4 rings (SSSR count). The maximum absolute atomic E-state index is 12.7. The van der Waals surface area contributed by atoms with Gasteiger partial charge in [0.15, 0.2) is 5.78 Å². The van der Waals surface area contributed by atoms with Crippen molar-refractivity contribution < 1.29 is 6.17 Å². The average molecular weight is 310 g/mol. The van der Waals surface area contributed by atoms with E-state index in [9.17, 15) is 4.79 Å². The first-order valence-electron chi connectivity index (χ1n) is 8.28. The summed E-state index contributed by atoms with van der Waals surface area (Å²) in [6, 6.07) is 10.0. The predicted molar refractivity (Wildman–Crippen MR) is 91.5 cm³/mol. The highest BCUT2D eigenvalue weighted by Gasteiger charge is 2.27. The van der Waals surface area contributed by atoms with Gasteiger partial charge in [0.05, 0.1) is 4.88 Å². The van der Waals surface area contributed by atoms with E-state index < -0.39 is 6.40 Å².